The van der Waals surface area contributed by atoms with Gasteiger partial charge in [0.1, 0.15) is 5.82 Å². The summed E-state index contributed by atoms with van der Waals surface area (Å²) in [6, 6.07) is 9.94. The molecule has 1 amide bonds. The molecule has 1 aromatic carbocycles. The molecule has 0 bridgehead atoms. The van der Waals surface area contributed by atoms with Gasteiger partial charge in [0.25, 0.3) is 0 Å². The zero-order valence-electron chi connectivity index (χ0n) is 12.2. The fourth-order valence-electron chi connectivity index (χ4n) is 2.59. The lowest BCUT2D eigenvalue weighted by Gasteiger charge is -2.17. The van der Waals surface area contributed by atoms with Crippen molar-refractivity contribution in [2.24, 2.45) is 5.92 Å². The van der Waals surface area contributed by atoms with Crippen LogP contribution >= 0.6 is 15.9 Å². The number of allylic oxidation sites excluding steroid dienone is 2. The average Bonchev–Trinajstić information content (AvgIpc) is 2.97. The van der Waals surface area contributed by atoms with Crippen molar-refractivity contribution in [3.8, 4) is 0 Å². The van der Waals surface area contributed by atoms with Gasteiger partial charge in [-0.1, -0.05) is 40.2 Å². The van der Waals surface area contributed by atoms with E-state index in [1.165, 1.54) is 0 Å². The zero-order chi connectivity index (χ0) is 15.4. The standard InChI is InChI=1S/C17H18BrN3O/c18-15-8-6-13(7-9-15)12-21-16(10-11-19-21)20-17(22)14-4-2-1-3-5-14/h1-2,6-11,14H,3-5,12H2,(H,20,22)/t14-/m0/s1. The second-order valence-electron chi connectivity index (χ2n) is 5.47. The summed E-state index contributed by atoms with van der Waals surface area (Å²) < 4.78 is 2.87. The minimum atomic E-state index is 0.0704. The number of hydrogen-bond acceptors (Lipinski definition) is 2. The summed E-state index contributed by atoms with van der Waals surface area (Å²) in [7, 11) is 0. The molecule has 1 aromatic heterocycles. The molecular weight excluding hydrogens is 342 g/mol. The molecular formula is C17H18BrN3O. The second kappa shape index (κ2) is 6.92. The number of nitrogens with one attached hydrogen (secondary N) is 1. The molecule has 4 nitrogen and oxygen atoms in total. The fraction of sp³-hybridized carbons (Fsp3) is 0.294. The Hall–Kier alpha value is -1.88. The SMILES string of the molecule is O=C(Nc1ccnn1Cc1ccc(Br)cc1)[C@H]1CC=CCC1. The Morgan fingerprint density at radius 3 is 2.82 bits per heavy atom. The number of halogens is 1. The number of anilines is 1. The van der Waals surface area contributed by atoms with E-state index in [9.17, 15) is 4.79 Å². The summed E-state index contributed by atoms with van der Waals surface area (Å²) in [6.07, 6.45) is 8.68. The van der Waals surface area contributed by atoms with Gasteiger partial charge in [0.15, 0.2) is 0 Å². The van der Waals surface area contributed by atoms with Crippen LogP contribution in [0.2, 0.25) is 0 Å². The Morgan fingerprint density at radius 2 is 2.09 bits per heavy atom. The first-order valence-electron chi connectivity index (χ1n) is 7.44. The number of benzene rings is 1. The van der Waals surface area contributed by atoms with Crippen LogP contribution in [-0.4, -0.2) is 15.7 Å². The molecule has 1 N–H and O–H groups in total. The zero-order valence-corrected chi connectivity index (χ0v) is 13.8. The molecule has 0 aliphatic heterocycles. The predicted octanol–water partition coefficient (Wildman–Crippen LogP) is 3.99. The first-order valence-corrected chi connectivity index (χ1v) is 8.24. The lowest BCUT2D eigenvalue weighted by atomic mass is 9.94. The molecule has 2 aromatic rings. The van der Waals surface area contributed by atoms with Gasteiger partial charge in [0.2, 0.25) is 5.91 Å². The van der Waals surface area contributed by atoms with E-state index in [0.717, 1.165) is 35.1 Å². The number of hydrogen-bond donors (Lipinski definition) is 1. The van der Waals surface area contributed by atoms with Gasteiger partial charge in [-0.3, -0.25) is 4.79 Å². The van der Waals surface area contributed by atoms with E-state index in [-0.39, 0.29) is 11.8 Å². The molecule has 0 radical (unpaired) electrons. The van der Waals surface area contributed by atoms with Crippen molar-refractivity contribution in [2.75, 3.05) is 5.32 Å². The molecule has 0 unspecified atom stereocenters. The van der Waals surface area contributed by atoms with E-state index in [0.29, 0.717) is 6.54 Å². The molecule has 1 aliphatic rings. The predicted molar refractivity (Wildman–Crippen MR) is 90.6 cm³/mol. The maximum Gasteiger partial charge on any atom is 0.228 e. The van der Waals surface area contributed by atoms with Crippen LogP contribution in [0.4, 0.5) is 5.82 Å². The highest BCUT2D eigenvalue weighted by molar-refractivity contribution is 9.10. The smallest absolute Gasteiger partial charge is 0.228 e. The van der Waals surface area contributed by atoms with Gasteiger partial charge in [-0.25, -0.2) is 4.68 Å². The average molecular weight is 360 g/mol. The molecule has 1 aliphatic carbocycles. The molecule has 5 heteroatoms. The van der Waals surface area contributed by atoms with Crippen LogP contribution in [0.3, 0.4) is 0 Å². The number of aromatic nitrogens is 2. The summed E-state index contributed by atoms with van der Waals surface area (Å²) in [5.41, 5.74) is 1.14. The second-order valence-corrected chi connectivity index (χ2v) is 6.39. The van der Waals surface area contributed by atoms with E-state index in [4.69, 9.17) is 0 Å². The Balaban J connectivity index is 1.67. The summed E-state index contributed by atoms with van der Waals surface area (Å²) in [6.45, 7) is 0.639. The van der Waals surface area contributed by atoms with E-state index in [1.54, 1.807) is 6.20 Å². The molecule has 0 spiro atoms. The van der Waals surface area contributed by atoms with Crippen LogP contribution in [0.5, 0.6) is 0 Å². The highest BCUT2D eigenvalue weighted by Gasteiger charge is 2.19. The lowest BCUT2D eigenvalue weighted by molar-refractivity contribution is -0.120. The first-order chi connectivity index (χ1) is 10.7. The van der Waals surface area contributed by atoms with E-state index >= 15 is 0 Å². The van der Waals surface area contributed by atoms with Gasteiger partial charge >= 0.3 is 0 Å². The largest absolute Gasteiger partial charge is 0.311 e. The van der Waals surface area contributed by atoms with Crippen molar-refractivity contribution >= 4 is 27.7 Å². The van der Waals surface area contributed by atoms with Gasteiger partial charge in [-0.15, -0.1) is 0 Å². The van der Waals surface area contributed by atoms with Crippen LogP contribution in [0.15, 0.2) is 53.2 Å². The molecule has 0 fully saturated rings. The third-order valence-electron chi connectivity index (χ3n) is 3.85. The fourth-order valence-corrected chi connectivity index (χ4v) is 2.85. The van der Waals surface area contributed by atoms with Crippen LogP contribution in [0.25, 0.3) is 0 Å². The summed E-state index contributed by atoms with van der Waals surface area (Å²) in [4.78, 5) is 12.3. The monoisotopic (exact) mass is 359 g/mol. The molecule has 0 saturated carbocycles. The van der Waals surface area contributed by atoms with E-state index < -0.39 is 0 Å². The van der Waals surface area contributed by atoms with Crippen molar-refractivity contribution in [1.82, 2.24) is 9.78 Å². The van der Waals surface area contributed by atoms with Gasteiger partial charge in [0, 0.05) is 16.5 Å². The molecule has 3 rings (SSSR count). The van der Waals surface area contributed by atoms with Crippen LogP contribution < -0.4 is 5.32 Å². The first kappa shape index (κ1) is 15.0. The topological polar surface area (TPSA) is 46.9 Å². The Morgan fingerprint density at radius 1 is 1.27 bits per heavy atom. The van der Waals surface area contributed by atoms with Crippen molar-refractivity contribution in [3.05, 3.63) is 58.7 Å². The third-order valence-corrected chi connectivity index (χ3v) is 4.38. The van der Waals surface area contributed by atoms with Crippen molar-refractivity contribution in [2.45, 2.75) is 25.8 Å². The molecule has 114 valence electrons. The van der Waals surface area contributed by atoms with Gasteiger partial charge in [0.05, 0.1) is 12.7 Å². The normalized spacial score (nSPS) is 17.4. The van der Waals surface area contributed by atoms with Gasteiger partial charge in [-0.2, -0.15) is 5.10 Å². The molecule has 22 heavy (non-hydrogen) atoms. The highest BCUT2D eigenvalue weighted by atomic mass is 79.9. The quantitative estimate of drug-likeness (QED) is 0.839. The maximum atomic E-state index is 12.3. The van der Waals surface area contributed by atoms with E-state index in [2.05, 4.69) is 38.5 Å². The summed E-state index contributed by atoms with van der Waals surface area (Å²) >= 11 is 3.43. The Bertz CT molecular complexity index is 675. The van der Waals surface area contributed by atoms with Crippen molar-refractivity contribution < 1.29 is 4.79 Å². The number of amides is 1. The minimum absolute atomic E-state index is 0.0704. The summed E-state index contributed by atoms with van der Waals surface area (Å²) in [5, 5.41) is 7.32. The molecule has 0 saturated heterocycles. The third kappa shape index (κ3) is 3.65. The maximum absolute atomic E-state index is 12.3. The molecule has 1 atom stereocenters. The van der Waals surface area contributed by atoms with Crippen molar-refractivity contribution in [1.29, 1.82) is 0 Å². The van der Waals surface area contributed by atoms with Crippen molar-refractivity contribution in [3.63, 3.8) is 0 Å². The number of carbonyl (C=O) groups is 1. The molecule has 1 heterocycles. The Labute approximate surface area is 138 Å². The van der Waals surface area contributed by atoms with Crippen LogP contribution in [0, 0.1) is 5.92 Å². The number of nitrogens with zero attached hydrogens (tertiary/aromatic N) is 2. The summed E-state index contributed by atoms with van der Waals surface area (Å²) in [5.74, 6) is 0.908. The van der Waals surface area contributed by atoms with Crippen LogP contribution in [-0.2, 0) is 11.3 Å². The minimum Gasteiger partial charge on any atom is -0.311 e. The lowest BCUT2D eigenvalue weighted by Crippen LogP contribution is -2.25. The van der Waals surface area contributed by atoms with E-state index in [1.807, 2.05) is 35.0 Å². The number of rotatable bonds is 4. The van der Waals surface area contributed by atoms with Gasteiger partial charge in [-0.05, 0) is 37.0 Å². The number of carbonyl (C=O) groups excluding carboxylic acids is 1. The van der Waals surface area contributed by atoms with Crippen LogP contribution in [0.1, 0.15) is 24.8 Å². The highest BCUT2D eigenvalue weighted by Crippen LogP contribution is 2.20. The van der Waals surface area contributed by atoms with Gasteiger partial charge < -0.3 is 5.32 Å². The Kier molecular flexibility index (Phi) is 4.73.